The van der Waals surface area contributed by atoms with Gasteiger partial charge in [-0.1, -0.05) is 76.5 Å². The molecular weight excluding hydrogens is 340 g/mol. The molecule has 0 radical (unpaired) electrons. The van der Waals surface area contributed by atoms with Crippen molar-refractivity contribution in [1.29, 1.82) is 0 Å². The van der Waals surface area contributed by atoms with Crippen molar-refractivity contribution in [3.8, 4) is 0 Å². The first-order chi connectivity index (χ1) is 12.7. The van der Waals surface area contributed by atoms with Crippen molar-refractivity contribution in [3.63, 3.8) is 0 Å². The molecule has 1 aromatic rings. The summed E-state index contributed by atoms with van der Waals surface area (Å²) >= 11 is 5.78. The summed E-state index contributed by atoms with van der Waals surface area (Å²) < 4.78 is 0. The molecule has 2 saturated carbocycles. The van der Waals surface area contributed by atoms with Gasteiger partial charge in [0.05, 0.1) is 0 Å². The van der Waals surface area contributed by atoms with Crippen molar-refractivity contribution in [2.24, 2.45) is 17.8 Å². The molecule has 0 heterocycles. The van der Waals surface area contributed by atoms with Gasteiger partial charge >= 0.3 is 0 Å². The molecule has 2 aliphatic carbocycles. The van der Waals surface area contributed by atoms with Gasteiger partial charge in [0.1, 0.15) is 0 Å². The molecule has 0 aliphatic heterocycles. The summed E-state index contributed by atoms with van der Waals surface area (Å²) in [5, 5.41) is -0.304. The SMILES string of the molecule is CCCC1CCC(CCC2CCC(c3ccccc3C(=O)Cl)CC2)CC1. The predicted molar refractivity (Wildman–Crippen MR) is 111 cm³/mol. The first-order valence-electron chi connectivity index (χ1n) is 11.0. The largest absolute Gasteiger partial charge is 0.276 e. The van der Waals surface area contributed by atoms with Crippen LogP contribution in [-0.2, 0) is 0 Å². The highest BCUT2D eigenvalue weighted by atomic mass is 35.5. The third-order valence-corrected chi connectivity index (χ3v) is 7.31. The average Bonchev–Trinajstić information content (AvgIpc) is 2.68. The van der Waals surface area contributed by atoms with E-state index in [2.05, 4.69) is 13.0 Å². The van der Waals surface area contributed by atoms with Crippen molar-refractivity contribution in [1.82, 2.24) is 0 Å². The quantitative estimate of drug-likeness (QED) is 0.446. The molecule has 1 nitrogen and oxygen atoms in total. The maximum atomic E-state index is 11.7. The fourth-order valence-corrected chi connectivity index (χ4v) is 5.65. The molecule has 0 unspecified atom stereocenters. The zero-order chi connectivity index (χ0) is 18.4. The highest BCUT2D eigenvalue weighted by Gasteiger charge is 2.26. The molecule has 3 rings (SSSR count). The molecule has 0 spiro atoms. The Hall–Kier alpha value is -0.820. The van der Waals surface area contributed by atoms with E-state index in [1.807, 2.05) is 18.2 Å². The Kier molecular flexibility index (Phi) is 7.61. The van der Waals surface area contributed by atoms with Gasteiger partial charge < -0.3 is 0 Å². The van der Waals surface area contributed by atoms with E-state index in [-0.39, 0.29) is 5.24 Å². The fraction of sp³-hybridized carbons (Fsp3) is 0.708. The summed E-state index contributed by atoms with van der Waals surface area (Å²) in [5.74, 6) is 3.44. The van der Waals surface area contributed by atoms with E-state index in [9.17, 15) is 4.79 Å². The summed E-state index contributed by atoms with van der Waals surface area (Å²) in [6.07, 6.45) is 16.7. The summed E-state index contributed by atoms with van der Waals surface area (Å²) in [7, 11) is 0. The highest BCUT2D eigenvalue weighted by Crippen LogP contribution is 2.41. The molecular formula is C24H35ClO. The van der Waals surface area contributed by atoms with E-state index in [0.29, 0.717) is 5.92 Å². The lowest BCUT2D eigenvalue weighted by atomic mass is 9.73. The summed E-state index contributed by atoms with van der Waals surface area (Å²) in [4.78, 5) is 11.7. The van der Waals surface area contributed by atoms with Crippen LogP contribution in [0.2, 0.25) is 0 Å². The van der Waals surface area contributed by atoms with Crippen LogP contribution in [0.1, 0.15) is 106 Å². The Morgan fingerprint density at radius 1 is 0.846 bits per heavy atom. The van der Waals surface area contributed by atoms with Crippen LogP contribution >= 0.6 is 11.6 Å². The van der Waals surface area contributed by atoms with Gasteiger partial charge in [0, 0.05) is 5.56 Å². The van der Waals surface area contributed by atoms with Crippen LogP contribution in [0.3, 0.4) is 0 Å². The van der Waals surface area contributed by atoms with Crippen LogP contribution in [0.4, 0.5) is 0 Å². The second-order valence-electron chi connectivity index (χ2n) is 8.83. The minimum atomic E-state index is -0.304. The van der Waals surface area contributed by atoms with Gasteiger partial charge in [-0.25, -0.2) is 0 Å². The van der Waals surface area contributed by atoms with Gasteiger partial charge in [-0.05, 0) is 72.6 Å². The van der Waals surface area contributed by atoms with Crippen LogP contribution in [-0.4, -0.2) is 5.24 Å². The second kappa shape index (κ2) is 9.93. The van der Waals surface area contributed by atoms with Gasteiger partial charge in [-0.3, -0.25) is 4.79 Å². The van der Waals surface area contributed by atoms with E-state index in [1.54, 1.807) is 0 Å². The van der Waals surface area contributed by atoms with E-state index < -0.39 is 0 Å². The summed E-state index contributed by atoms with van der Waals surface area (Å²) in [6, 6.07) is 7.95. The van der Waals surface area contributed by atoms with Gasteiger partial charge in [-0.15, -0.1) is 0 Å². The Bertz CT molecular complexity index is 565. The minimum Gasteiger partial charge on any atom is -0.276 e. The maximum absolute atomic E-state index is 11.7. The van der Waals surface area contributed by atoms with E-state index in [0.717, 1.165) is 23.3 Å². The number of hydrogen-bond donors (Lipinski definition) is 0. The van der Waals surface area contributed by atoms with Gasteiger partial charge in [0.2, 0.25) is 0 Å². The van der Waals surface area contributed by atoms with Gasteiger partial charge in [-0.2, -0.15) is 0 Å². The Morgan fingerprint density at radius 2 is 1.35 bits per heavy atom. The van der Waals surface area contributed by atoms with Crippen molar-refractivity contribution in [3.05, 3.63) is 35.4 Å². The topological polar surface area (TPSA) is 17.1 Å². The zero-order valence-corrected chi connectivity index (χ0v) is 17.1. The third-order valence-electron chi connectivity index (χ3n) is 7.11. The number of halogens is 1. The molecule has 26 heavy (non-hydrogen) atoms. The van der Waals surface area contributed by atoms with Gasteiger partial charge in [0.25, 0.3) is 5.24 Å². The summed E-state index contributed by atoms with van der Waals surface area (Å²) in [5.41, 5.74) is 1.90. The molecule has 0 atom stereocenters. The number of benzene rings is 1. The zero-order valence-electron chi connectivity index (χ0n) is 16.4. The summed E-state index contributed by atoms with van der Waals surface area (Å²) in [6.45, 7) is 2.32. The monoisotopic (exact) mass is 374 g/mol. The fourth-order valence-electron chi connectivity index (χ4n) is 5.48. The predicted octanol–water partition coefficient (Wildman–Crippen LogP) is 7.73. The first kappa shape index (κ1) is 19.9. The smallest absolute Gasteiger partial charge is 0.252 e. The number of hydrogen-bond acceptors (Lipinski definition) is 1. The Morgan fingerprint density at radius 3 is 1.88 bits per heavy atom. The molecule has 0 saturated heterocycles. The molecule has 1 aromatic carbocycles. The third kappa shape index (κ3) is 5.35. The Balaban J connectivity index is 1.41. The Labute approximate surface area is 164 Å². The van der Waals surface area contributed by atoms with Crippen LogP contribution in [0.15, 0.2) is 24.3 Å². The van der Waals surface area contributed by atoms with Crippen molar-refractivity contribution in [2.45, 2.75) is 89.9 Å². The van der Waals surface area contributed by atoms with Crippen LogP contribution in [0.5, 0.6) is 0 Å². The lowest BCUT2D eigenvalue weighted by Crippen LogP contribution is -2.18. The standard InChI is InChI=1S/C24H35ClO/c1-2-5-18-8-10-19(11-9-18)12-13-20-14-16-21(17-15-20)22-6-3-4-7-23(22)24(25)26/h3-4,6-7,18-21H,2,5,8-17H2,1H3. The molecule has 144 valence electrons. The molecule has 2 aliphatic rings. The van der Waals surface area contributed by atoms with Crippen LogP contribution < -0.4 is 0 Å². The van der Waals surface area contributed by atoms with Gasteiger partial charge in [0.15, 0.2) is 0 Å². The molecule has 2 fully saturated rings. The van der Waals surface area contributed by atoms with E-state index in [4.69, 9.17) is 11.6 Å². The first-order valence-corrected chi connectivity index (χ1v) is 11.3. The number of carbonyl (C=O) groups excluding carboxylic acids is 1. The highest BCUT2D eigenvalue weighted by molar-refractivity contribution is 6.67. The number of carbonyl (C=O) groups is 1. The van der Waals surface area contributed by atoms with Crippen molar-refractivity contribution >= 4 is 16.8 Å². The minimum absolute atomic E-state index is 0.304. The maximum Gasteiger partial charge on any atom is 0.252 e. The average molecular weight is 375 g/mol. The molecule has 2 heteroatoms. The molecule has 0 amide bonds. The van der Waals surface area contributed by atoms with Crippen molar-refractivity contribution in [2.75, 3.05) is 0 Å². The molecule has 0 bridgehead atoms. The van der Waals surface area contributed by atoms with Crippen LogP contribution in [0, 0.1) is 17.8 Å². The van der Waals surface area contributed by atoms with Crippen molar-refractivity contribution < 1.29 is 4.79 Å². The second-order valence-corrected chi connectivity index (χ2v) is 9.17. The number of rotatable bonds is 7. The lowest BCUT2D eigenvalue weighted by molar-refractivity contribution is 0.107. The molecule has 0 N–H and O–H groups in total. The van der Waals surface area contributed by atoms with E-state index in [1.165, 1.54) is 82.6 Å². The molecule has 0 aromatic heterocycles. The normalized spacial score (nSPS) is 29.5. The van der Waals surface area contributed by atoms with E-state index >= 15 is 0 Å². The lowest BCUT2D eigenvalue weighted by Gasteiger charge is -2.32. The van der Waals surface area contributed by atoms with Crippen LogP contribution in [0.25, 0.3) is 0 Å².